The minimum Gasteiger partial charge on any atom is -0.463 e. The lowest BCUT2D eigenvalue weighted by Crippen LogP contribution is -2.38. The van der Waals surface area contributed by atoms with Gasteiger partial charge in [-0.15, -0.1) is 0 Å². The Morgan fingerprint density at radius 3 is 2.75 bits per heavy atom. The summed E-state index contributed by atoms with van der Waals surface area (Å²) in [6.45, 7) is 2.51. The molecule has 0 radical (unpaired) electrons. The molecule has 126 valence electrons. The third-order valence-electron chi connectivity index (χ3n) is 3.48. The normalized spacial score (nSPS) is 14.2. The molecule has 1 aliphatic heterocycles. The number of carbonyl (C=O) groups is 2. The third kappa shape index (κ3) is 4.22. The molecule has 24 heavy (non-hydrogen) atoms. The Labute approximate surface area is 154 Å². The minimum atomic E-state index is -0.442. The van der Waals surface area contributed by atoms with Crippen LogP contribution in [0.4, 0.5) is 0 Å². The highest BCUT2D eigenvalue weighted by atomic mass is 35.5. The van der Waals surface area contributed by atoms with Crippen LogP contribution in [0.1, 0.15) is 23.7 Å². The topological polar surface area (TPSA) is 59.0 Å². The van der Waals surface area contributed by atoms with E-state index in [0.717, 1.165) is 0 Å². The molecule has 0 spiro atoms. The molecule has 1 aromatic rings. The first-order valence-electron chi connectivity index (χ1n) is 7.19. The minimum absolute atomic E-state index is 0.150. The second-order valence-electron chi connectivity index (χ2n) is 4.95. The summed E-state index contributed by atoms with van der Waals surface area (Å²) >= 11 is 16.5. The van der Waals surface area contributed by atoms with Gasteiger partial charge in [-0.2, -0.15) is 4.99 Å². The van der Waals surface area contributed by atoms with Gasteiger partial charge >= 0.3 is 5.97 Å². The molecule has 0 saturated heterocycles. The zero-order valence-corrected chi connectivity index (χ0v) is 15.2. The summed E-state index contributed by atoms with van der Waals surface area (Å²) in [4.78, 5) is 30.1. The van der Waals surface area contributed by atoms with Crippen molar-refractivity contribution in [2.24, 2.45) is 4.99 Å². The average molecular weight is 385 g/mol. The molecule has 0 unspecified atom stereocenters. The fourth-order valence-electron chi connectivity index (χ4n) is 2.33. The van der Waals surface area contributed by atoms with E-state index in [1.807, 2.05) is 0 Å². The highest BCUT2D eigenvalue weighted by molar-refractivity contribution is 7.78. The fourth-order valence-corrected chi connectivity index (χ4v) is 2.74. The van der Waals surface area contributed by atoms with Gasteiger partial charge in [0.2, 0.25) is 0 Å². The summed E-state index contributed by atoms with van der Waals surface area (Å²) < 4.78 is 5.01. The lowest BCUT2D eigenvalue weighted by Gasteiger charge is -2.28. The van der Waals surface area contributed by atoms with Gasteiger partial charge in [0.1, 0.15) is 0 Å². The average Bonchev–Trinajstić information content (AvgIpc) is 2.57. The standard InChI is InChI=1S/C16H14Cl2N2O3S/c1-2-23-16(22)11-5-6-20(8-14(11)19-9-24)15(21)10-3-4-12(17)13(18)7-10/h3-4,7H,2,5-6,8H2,1H3. The second-order valence-corrected chi connectivity index (χ2v) is 5.95. The monoisotopic (exact) mass is 384 g/mol. The van der Waals surface area contributed by atoms with Crippen LogP contribution in [0, 0.1) is 0 Å². The zero-order valence-electron chi connectivity index (χ0n) is 12.8. The van der Waals surface area contributed by atoms with Gasteiger partial charge in [0.15, 0.2) is 0 Å². The van der Waals surface area contributed by atoms with Gasteiger partial charge in [-0.1, -0.05) is 23.2 Å². The van der Waals surface area contributed by atoms with Gasteiger partial charge < -0.3 is 9.64 Å². The molecule has 0 saturated carbocycles. The van der Waals surface area contributed by atoms with Gasteiger partial charge in [0.05, 0.1) is 39.6 Å². The zero-order chi connectivity index (χ0) is 17.7. The van der Waals surface area contributed by atoms with Crippen molar-refractivity contribution >= 4 is 52.5 Å². The van der Waals surface area contributed by atoms with E-state index in [4.69, 9.17) is 27.9 Å². The molecule has 0 aromatic heterocycles. The predicted molar refractivity (Wildman–Crippen MR) is 95.7 cm³/mol. The molecular formula is C16H14Cl2N2O3S. The number of amides is 1. The van der Waals surface area contributed by atoms with E-state index in [-0.39, 0.29) is 19.1 Å². The van der Waals surface area contributed by atoms with Crippen LogP contribution in [0.15, 0.2) is 34.5 Å². The Morgan fingerprint density at radius 2 is 2.12 bits per heavy atom. The summed E-state index contributed by atoms with van der Waals surface area (Å²) in [6, 6.07) is 4.68. The Hall–Kier alpha value is -1.72. The number of ether oxygens (including phenoxy) is 1. The van der Waals surface area contributed by atoms with E-state index >= 15 is 0 Å². The SMILES string of the molecule is CCOC(=O)C1=C(N=C=S)CN(C(=O)c2ccc(Cl)c(Cl)c2)CC1. The van der Waals surface area contributed by atoms with Crippen molar-refractivity contribution in [3.63, 3.8) is 0 Å². The van der Waals surface area contributed by atoms with Crippen LogP contribution in [0.5, 0.6) is 0 Å². The van der Waals surface area contributed by atoms with Gasteiger partial charge in [0, 0.05) is 12.1 Å². The molecule has 8 heteroatoms. The smallest absolute Gasteiger partial charge is 0.336 e. The first-order valence-corrected chi connectivity index (χ1v) is 8.35. The molecule has 0 N–H and O–H groups in total. The number of thiocarbonyl (C=S) groups is 1. The van der Waals surface area contributed by atoms with Gasteiger partial charge in [-0.05, 0) is 43.8 Å². The summed E-state index contributed by atoms with van der Waals surface area (Å²) in [7, 11) is 0. The maximum Gasteiger partial charge on any atom is 0.336 e. The van der Waals surface area contributed by atoms with E-state index in [1.165, 1.54) is 6.07 Å². The van der Waals surface area contributed by atoms with Crippen LogP contribution in [0.25, 0.3) is 0 Å². The van der Waals surface area contributed by atoms with Crippen LogP contribution in [0.2, 0.25) is 10.0 Å². The summed E-state index contributed by atoms with van der Waals surface area (Å²) in [5.74, 6) is -0.670. The number of rotatable bonds is 4. The van der Waals surface area contributed by atoms with Crippen molar-refractivity contribution in [1.82, 2.24) is 4.90 Å². The molecule has 5 nitrogen and oxygen atoms in total. The van der Waals surface area contributed by atoms with Crippen molar-refractivity contribution in [3.05, 3.63) is 45.1 Å². The van der Waals surface area contributed by atoms with Crippen LogP contribution in [-0.4, -0.2) is 41.6 Å². The van der Waals surface area contributed by atoms with Crippen molar-refractivity contribution < 1.29 is 14.3 Å². The lowest BCUT2D eigenvalue weighted by atomic mass is 10.0. The Morgan fingerprint density at radius 1 is 1.38 bits per heavy atom. The maximum atomic E-state index is 12.6. The first kappa shape index (κ1) is 18.6. The van der Waals surface area contributed by atoms with Crippen molar-refractivity contribution in [2.45, 2.75) is 13.3 Å². The Balaban J connectivity index is 2.25. The largest absolute Gasteiger partial charge is 0.463 e. The van der Waals surface area contributed by atoms with E-state index in [1.54, 1.807) is 24.0 Å². The summed E-state index contributed by atoms with van der Waals surface area (Å²) in [5, 5.41) is 2.93. The molecule has 1 amide bonds. The molecule has 1 heterocycles. The molecular weight excluding hydrogens is 371 g/mol. The number of halogens is 2. The van der Waals surface area contributed by atoms with Crippen molar-refractivity contribution in [1.29, 1.82) is 0 Å². The second kappa shape index (κ2) is 8.40. The number of isothiocyanates is 1. The van der Waals surface area contributed by atoms with Gasteiger partial charge in [-0.25, -0.2) is 4.79 Å². The molecule has 0 fully saturated rings. The van der Waals surface area contributed by atoms with Crippen LogP contribution >= 0.6 is 35.4 Å². The number of carbonyl (C=O) groups excluding carboxylic acids is 2. The van der Waals surface area contributed by atoms with E-state index in [2.05, 4.69) is 22.4 Å². The maximum absolute atomic E-state index is 12.6. The molecule has 2 rings (SSSR count). The molecule has 1 aromatic carbocycles. The summed E-state index contributed by atoms with van der Waals surface area (Å²) in [6.07, 6.45) is 0.335. The number of aliphatic imine (C=N–C) groups is 1. The number of hydrogen-bond donors (Lipinski definition) is 0. The molecule has 0 atom stereocenters. The number of esters is 1. The van der Waals surface area contributed by atoms with Crippen LogP contribution in [0.3, 0.4) is 0 Å². The van der Waals surface area contributed by atoms with E-state index < -0.39 is 5.97 Å². The van der Waals surface area contributed by atoms with Gasteiger partial charge in [-0.3, -0.25) is 4.79 Å². The molecule has 0 aliphatic carbocycles. The molecule has 1 aliphatic rings. The van der Waals surface area contributed by atoms with Crippen LogP contribution < -0.4 is 0 Å². The predicted octanol–water partition coefficient (Wildman–Crippen LogP) is 3.76. The number of nitrogens with zero attached hydrogens (tertiary/aromatic N) is 2. The first-order chi connectivity index (χ1) is 11.5. The quantitative estimate of drug-likeness (QED) is 0.450. The number of hydrogen-bond acceptors (Lipinski definition) is 5. The fraction of sp³-hybridized carbons (Fsp3) is 0.312. The third-order valence-corrected chi connectivity index (χ3v) is 4.31. The van der Waals surface area contributed by atoms with Gasteiger partial charge in [0.25, 0.3) is 5.91 Å². The lowest BCUT2D eigenvalue weighted by molar-refractivity contribution is -0.138. The van der Waals surface area contributed by atoms with E-state index in [0.29, 0.717) is 39.8 Å². The summed E-state index contributed by atoms with van der Waals surface area (Å²) in [5.41, 5.74) is 1.23. The highest BCUT2D eigenvalue weighted by Crippen LogP contribution is 2.25. The molecule has 0 bridgehead atoms. The van der Waals surface area contributed by atoms with Crippen molar-refractivity contribution in [2.75, 3.05) is 19.7 Å². The van der Waals surface area contributed by atoms with E-state index in [9.17, 15) is 9.59 Å². The van der Waals surface area contributed by atoms with Crippen LogP contribution in [-0.2, 0) is 9.53 Å². The van der Waals surface area contributed by atoms with Crippen molar-refractivity contribution in [3.8, 4) is 0 Å². The number of benzene rings is 1. The Kier molecular flexibility index (Phi) is 6.52. The highest BCUT2D eigenvalue weighted by Gasteiger charge is 2.27. The Bertz CT molecular complexity index is 758.